The summed E-state index contributed by atoms with van der Waals surface area (Å²) in [4.78, 5) is 7.42. The first-order chi connectivity index (χ1) is 14.2. The number of nitrogens with one attached hydrogen (secondary N) is 1. The summed E-state index contributed by atoms with van der Waals surface area (Å²) >= 11 is 1.76. The van der Waals surface area contributed by atoms with E-state index in [4.69, 9.17) is 4.98 Å². The number of aromatic nitrogens is 1. The van der Waals surface area contributed by atoms with Gasteiger partial charge in [0.25, 0.3) is 0 Å². The largest absolute Gasteiger partial charge is 0.370 e. The highest BCUT2D eigenvalue weighted by molar-refractivity contribution is 7.22. The highest BCUT2D eigenvalue weighted by atomic mass is 32.1. The van der Waals surface area contributed by atoms with E-state index >= 15 is 0 Å². The number of aryl methyl sites for hydroxylation is 3. The van der Waals surface area contributed by atoms with Crippen molar-refractivity contribution in [3.05, 3.63) is 47.0 Å². The summed E-state index contributed by atoms with van der Waals surface area (Å²) in [5.41, 5.74) is 7.38. The van der Waals surface area contributed by atoms with Crippen molar-refractivity contribution in [1.29, 1.82) is 0 Å². The van der Waals surface area contributed by atoms with Gasteiger partial charge in [0.05, 0.1) is 15.9 Å². The van der Waals surface area contributed by atoms with Gasteiger partial charge in [-0.2, -0.15) is 0 Å². The van der Waals surface area contributed by atoms with Crippen molar-refractivity contribution >= 4 is 38.1 Å². The lowest BCUT2D eigenvalue weighted by Crippen LogP contribution is -2.31. The standard InChI is InChI=1S/C24H33N3S.C2H6/c1-15(2)13-27(14-16(3)4)21-10-8-9-20-23(21)28-24(25-20)26-22-18(6)11-17(5)12-19(22)7;1-2/h8-12,15-16H,13-14H2,1-7H3,(H,25,26);1-2H3. The molecule has 4 heteroatoms. The van der Waals surface area contributed by atoms with Crippen LogP contribution in [0.3, 0.4) is 0 Å². The lowest BCUT2D eigenvalue weighted by Gasteiger charge is -2.28. The molecule has 0 aliphatic rings. The van der Waals surface area contributed by atoms with Crippen LogP contribution in [0, 0.1) is 32.6 Å². The minimum absolute atomic E-state index is 0.623. The number of thiazole rings is 1. The van der Waals surface area contributed by atoms with E-state index < -0.39 is 0 Å². The Hall–Kier alpha value is -2.07. The second-order valence-electron chi connectivity index (χ2n) is 8.74. The molecule has 0 spiro atoms. The van der Waals surface area contributed by atoms with Crippen molar-refractivity contribution in [1.82, 2.24) is 4.98 Å². The molecule has 1 N–H and O–H groups in total. The van der Waals surface area contributed by atoms with Crippen molar-refractivity contribution in [2.45, 2.75) is 62.3 Å². The molecule has 1 heterocycles. The van der Waals surface area contributed by atoms with E-state index in [0.717, 1.165) is 23.7 Å². The van der Waals surface area contributed by atoms with Crippen LogP contribution in [0.1, 0.15) is 58.2 Å². The Bertz CT molecular complexity index is 923. The maximum absolute atomic E-state index is 4.89. The van der Waals surface area contributed by atoms with Crippen LogP contribution in [0.2, 0.25) is 0 Å². The van der Waals surface area contributed by atoms with E-state index in [9.17, 15) is 0 Å². The highest BCUT2D eigenvalue weighted by Crippen LogP contribution is 2.37. The Balaban J connectivity index is 0.00000155. The highest BCUT2D eigenvalue weighted by Gasteiger charge is 2.17. The van der Waals surface area contributed by atoms with Gasteiger partial charge < -0.3 is 10.2 Å². The van der Waals surface area contributed by atoms with E-state index in [-0.39, 0.29) is 0 Å². The summed E-state index contributed by atoms with van der Waals surface area (Å²) in [6, 6.07) is 11.0. The molecule has 3 nitrogen and oxygen atoms in total. The first-order valence-corrected chi connectivity index (χ1v) is 12.1. The molecule has 0 radical (unpaired) electrons. The number of benzene rings is 2. The van der Waals surface area contributed by atoms with Crippen LogP contribution >= 0.6 is 11.3 Å². The average molecular weight is 426 g/mol. The Morgan fingerprint density at radius 3 is 2.03 bits per heavy atom. The number of rotatable bonds is 7. The number of hydrogen-bond donors (Lipinski definition) is 1. The van der Waals surface area contributed by atoms with Crippen molar-refractivity contribution in [2.24, 2.45) is 11.8 Å². The van der Waals surface area contributed by atoms with Gasteiger partial charge >= 0.3 is 0 Å². The predicted octanol–water partition coefficient (Wildman–Crippen LogP) is 8.11. The lowest BCUT2D eigenvalue weighted by atomic mass is 10.1. The van der Waals surface area contributed by atoms with Gasteiger partial charge in [-0.25, -0.2) is 4.98 Å². The van der Waals surface area contributed by atoms with Crippen molar-refractivity contribution in [2.75, 3.05) is 23.3 Å². The normalized spacial score (nSPS) is 11.0. The molecule has 0 fully saturated rings. The summed E-state index contributed by atoms with van der Waals surface area (Å²) in [5, 5.41) is 4.56. The second-order valence-corrected chi connectivity index (χ2v) is 9.73. The van der Waals surface area contributed by atoms with E-state index in [1.165, 1.54) is 32.8 Å². The van der Waals surface area contributed by atoms with Gasteiger partial charge in [-0.1, -0.05) is 76.6 Å². The molecule has 0 unspecified atom stereocenters. The summed E-state index contributed by atoms with van der Waals surface area (Å²) in [7, 11) is 0. The van der Waals surface area contributed by atoms with Crippen molar-refractivity contribution in [3.63, 3.8) is 0 Å². The Labute approximate surface area is 187 Å². The number of hydrogen-bond acceptors (Lipinski definition) is 4. The molecule has 0 saturated carbocycles. The molecule has 0 amide bonds. The predicted molar refractivity (Wildman–Crippen MR) is 137 cm³/mol. The number of anilines is 3. The maximum Gasteiger partial charge on any atom is 0.188 e. The minimum Gasteiger partial charge on any atom is -0.370 e. The zero-order valence-corrected chi connectivity index (χ0v) is 21.1. The zero-order chi connectivity index (χ0) is 22.4. The fraction of sp³-hybridized carbons (Fsp3) is 0.500. The molecular formula is C26H39N3S. The summed E-state index contributed by atoms with van der Waals surface area (Å²) in [6.07, 6.45) is 0. The zero-order valence-electron chi connectivity index (χ0n) is 20.3. The van der Waals surface area contributed by atoms with Crippen molar-refractivity contribution in [3.8, 4) is 0 Å². The molecule has 164 valence electrons. The van der Waals surface area contributed by atoms with Crippen LogP contribution in [0.25, 0.3) is 10.2 Å². The third-order valence-corrected chi connectivity index (χ3v) is 5.82. The van der Waals surface area contributed by atoms with Crippen LogP contribution in [0.4, 0.5) is 16.5 Å². The first kappa shape index (κ1) is 24.2. The van der Waals surface area contributed by atoms with Gasteiger partial charge in [0.1, 0.15) is 0 Å². The van der Waals surface area contributed by atoms with Crippen LogP contribution in [0.15, 0.2) is 30.3 Å². The van der Waals surface area contributed by atoms with E-state index in [1.54, 1.807) is 11.3 Å². The molecule has 30 heavy (non-hydrogen) atoms. The Morgan fingerprint density at radius 2 is 1.50 bits per heavy atom. The Morgan fingerprint density at radius 1 is 0.933 bits per heavy atom. The van der Waals surface area contributed by atoms with Crippen LogP contribution < -0.4 is 10.2 Å². The molecule has 2 aromatic carbocycles. The van der Waals surface area contributed by atoms with Gasteiger partial charge in [-0.05, 0) is 55.9 Å². The third kappa shape index (κ3) is 5.98. The van der Waals surface area contributed by atoms with Gasteiger partial charge in [0.2, 0.25) is 0 Å². The fourth-order valence-corrected chi connectivity index (χ4v) is 4.88. The summed E-state index contributed by atoms with van der Waals surface area (Å²) < 4.78 is 1.27. The van der Waals surface area contributed by atoms with E-state index in [1.807, 2.05) is 13.8 Å². The fourth-order valence-electron chi connectivity index (χ4n) is 3.87. The van der Waals surface area contributed by atoms with Crippen LogP contribution in [0.5, 0.6) is 0 Å². The third-order valence-electron chi connectivity index (χ3n) is 4.81. The molecule has 0 saturated heterocycles. The van der Waals surface area contributed by atoms with Gasteiger partial charge in [-0.3, -0.25) is 0 Å². The van der Waals surface area contributed by atoms with Gasteiger partial charge in [0.15, 0.2) is 5.13 Å². The maximum atomic E-state index is 4.89. The summed E-state index contributed by atoms with van der Waals surface area (Å²) in [6.45, 7) is 21.7. The molecule has 0 bridgehead atoms. The smallest absolute Gasteiger partial charge is 0.188 e. The second kappa shape index (κ2) is 10.8. The summed E-state index contributed by atoms with van der Waals surface area (Å²) in [5.74, 6) is 1.25. The molecule has 0 aliphatic carbocycles. The number of fused-ring (bicyclic) bond motifs is 1. The van der Waals surface area contributed by atoms with E-state index in [2.05, 4.69) is 89.0 Å². The van der Waals surface area contributed by atoms with Gasteiger partial charge in [-0.15, -0.1) is 0 Å². The lowest BCUT2D eigenvalue weighted by molar-refractivity contribution is 0.554. The minimum atomic E-state index is 0.623. The van der Waals surface area contributed by atoms with E-state index in [0.29, 0.717) is 11.8 Å². The molecule has 1 aromatic heterocycles. The molecule has 3 rings (SSSR count). The monoisotopic (exact) mass is 425 g/mol. The van der Waals surface area contributed by atoms with Crippen LogP contribution in [-0.4, -0.2) is 18.1 Å². The molecular weight excluding hydrogens is 386 g/mol. The molecule has 0 atom stereocenters. The average Bonchev–Trinajstić information content (AvgIpc) is 3.07. The quantitative estimate of drug-likeness (QED) is 0.414. The molecule has 3 aromatic rings. The Kier molecular flexibility index (Phi) is 8.72. The topological polar surface area (TPSA) is 28.2 Å². The van der Waals surface area contributed by atoms with Gasteiger partial charge in [0, 0.05) is 18.8 Å². The first-order valence-electron chi connectivity index (χ1n) is 11.2. The number of nitrogens with zero attached hydrogens (tertiary/aromatic N) is 2. The SMILES string of the molecule is CC.Cc1cc(C)c(Nc2nc3cccc(N(CC(C)C)CC(C)C)c3s2)c(C)c1. The van der Waals surface area contributed by atoms with Crippen molar-refractivity contribution < 1.29 is 0 Å². The van der Waals surface area contributed by atoms with Crippen LogP contribution in [-0.2, 0) is 0 Å². The molecule has 0 aliphatic heterocycles.